The molecule has 0 saturated carbocycles. The zero-order valence-electron chi connectivity index (χ0n) is 8.69. The van der Waals surface area contributed by atoms with E-state index in [-0.39, 0.29) is 10.4 Å². The summed E-state index contributed by atoms with van der Waals surface area (Å²) in [6.45, 7) is 0. The monoisotopic (exact) mass is 328 g/mol. The summed E-state index contributed by atoms with van der Waals surface area (Å²) < 4.78 is 30.6. The van der Waals surface area contributed by atoms with Crippen LogP contribution < -0.4 is 0 Å². The van der Waals surface area contributed by atoms with E-state index in [1.54, 1.807) is 12.1 Å². The standard InChI is InChI=1S/C9H5BrN4O3S/c10-6-4-11-14(5-6)18(15,16)8-3-1-2-7-9(8)13-17-12-7/h1-5H. The predicted octanol–water partition coefficient (Wildman–Crippen LogP) is 1.42. The van der Waals surface area contributed by atoms with E-state index >= 15 is 0 Å². The maximum Gasteiger partial charge on any atom is 0.285 e. The van der Waals surface area contributed by atoms with Crippen LogP contribution in [0.3, 0.4) is 0 Å². The van der Waals surface area contributed by atoms with E-state index < -0.39 is 10.0 Å². The van der Waals surface area contributed by atoms with Crippen LogP contribution in [0.1, 0.15) is 0 Å². The molecule has 7 nitrogen and oxygen atoms in total. The summed E-state index contributed by atoms with van der Waals surface area (Å²) in [7, 11) is -3.80. The summed E-state index contributed by atoms with van der Waals surface area (Å²) >= 11 is 3.15. The van der Waals surface area contributed by atoms with Crippen LogP contribution in [0.2, 0.25) is 0 Å². The Morgan fingerprint density at radius 2 is 2.11 bits per heavy atom. The Bertz CT molecular complexity index is 823. The fourth-order valence-corrected chi connectivity index (χ4v) is 3.19. The molecule has 2 aromatic heterocycles. The zero-order chi connectivity index (χ0) is 12.8. The number of aromatic nitrogens is 4. The SMILES string of the molecule is O=S(=O)(c1cccc2nonc12)n1cc(Br)cn1. The first-order valence-electron chi connectivity index (χ1n) is 4.76. The molecule has 0 fully saturated rings. The summed E-state index contributed by atoms with van der Waals surface area (Å²) in [5.74, 6) is 0. The van der Waals surface area contributed by atoms with E-state index in [1.807, 2.05) is 0 Å². The Morgan fingerprint density at radius 3 is 2.83 bits per heavy atom. The van der Waals surface area contributed by atoms with Gasteiger partial charge in [-0.25, -0.2) is 4.63 Å². The van der Waals surface area contributed by atoms with Gasteiger partial charge in [-0.3, -0.25) is 0 Å². The highest BCUT2D eigenvalue weighted by atomic mass is 79.9. The largest absolute Gasteiger partial charge is 0.285 e. The predicted molar refractivity (Wildman–Crippen MR) is 64.3 cm³/mol. The second-order valence-electron chi connectivity index (χ2n) is 3.42. The first-order valence-corrected chi connectivity index (χ1v) is 6.99. The molecule has 0 saturated heterocycles. The van der Waals surface area contributed by atoms with E-state index in [0.717, 1.165) is 4.09 Å². The van der Waals surface area contributed by atoms with Crippen molar-refractivity contribution in [1.82, 2.24) is 19.5 Å². The second-order valence-corrected chi connectivity index (χ2v) is 6.10. The minimum absolute atomic E-state index is 0.00292. The van der Waals surface area contributed by atoms with E-state index in [1.165, 1.54) is 18.5 Å². The highest BCUT2D eigenvalue weighted by Gasteiger charge is 2.23. The number of fused-ring (bicyclic) bond motifs is 1. The lowest BCUT2D eigenvalue weighted by Gasteiger charge is -2.03. The molecule has 18 heavy (non-hydrogen) atoms. The van der Waals surface area contributed by atoms with Gasteiger partial charge in [0.2, 0.25) is 0 Å². The summed E-state index contributed by atoms with van der Waals surface area (Å²) in [5.41, 5.74) is 0.561. The van der Waals surface area contributed by atoms with Crippen molar-refractivity contribution in [3.8, 4) is 0 Å². The maximum absolute atomic E-state index is 12.3. The van der Waals surface area contributed by atoms with Gasteiger partial charge in [0.05, 0.1) is 16.9 Å². The van der Waals surface area contributed by atoms with Crippen LogP contribution in [0, 0.1) is 0 Å². The summed E-state index contributed by atoms with van der Waals surface area (Å²) in [4.78, 5) is -0.00292. The van der Waals surface area contributed by atoms with Crippen LogP contribution in [0.25, 0.3) is 11.0 Å². The summed E-state index contributed by atoms with van der Waals surface area (Å²) in [5, 5.41) is 11.0. The Morgan fingerprint density at radius 1 is 1.28 bits per heavy atom. The van der Waals surface area contributed by atoms with Crippen molar-refractivity contribution in [2.24, 2.45) is 0 Å². The molecule has 0 unspecified atom stereocenters. The average molecular weight is 329 g/mol. The van der Waals surface area contributed by atoms with Gasteiger partial charge in [-0.05, 0) is 38.4 Å². The zero-order valence-corrected chi connectivity index (χ0v) is 11.1. The van der Waals surface area contributed by atoms with Crippen LogP contribution in [-0.4, -0.2) is 27.9 Å². The van der Waals surface area contributed by atoms with Crippen molar-refractivity contribution in [2.45, 2.75) is 4.90 Å². The van der Waals surface area contributed by atoms with Gasteiger partial charge >= 0.3 is 0 Å². The van der Waals surface area contributed by atoms with Gasteiger partial charge in [-0.15, -0.1) is 0 Å². The van der Waals surface area contributed by atoms with Crippen LogP contribution in [0.5, 0.6) is 0 Å². The van der Waals surface area contributed by atoms with E-state index in [2.05, 4.69) is 36.0 Å². The second kappa shape index (κ2) is 3.89. The Labute approximate surface area is 110 Å². The molecule has 0 aliphatic carbocycles. The van der Waals surface area contributed by atoms with Crippen molar-refractivity contribution < 1.29 is 13.0 Å². The van der Waals surface area contributed by atoms with Crippen molar-refractivity contribution in [2.75, 3.05) is 0 Å². The first-order chi connectivity index (χ1) is 8.59. The lowest BCUT2D eigenvalue weighted by molar-refractivity contribution is 0.315. The molecule has 92 valence electrons. The van der Waals surface area contributed by atoms with Gasteiger partial charge < -0.3 is 0 Å². The molecular weight excluding hydrogens is 324 g/mol. The maximum atomic E-state index is 12.3. The fraction of sp³-hybridized carbons (Fsp3) is 0. The van der Waals surface area contributed by atoms with Gasteiger partial charge in [0, 0.05) is 0 Å². The van der Waals surface area contributed by atoms with Gasteiger partial charge in [-0.1, -0.05) is 6.07 Å². The molecule has 0 atom stereocenters. The third-order valence-corrected chi connectivity index (χ3v) is 4.29. The van der Waals surface area contributed by atoms with E-state index in [4.69, 9.17) is 0 Å². The molecule has 0 amide bonds. The molecule has 0 aliphatic rings. The number of rotatable bonds is 2. The number of benzene rings is 1. The molecule has 0 aliphatic heterocycles. The topological polar surface area (TPSA) is 90.9 Å². The summed E-state index contributed by atoms with van der Waals surface area (Å²) in [6, 6.07) is 4.61. The Kier molecular flexibility index (Phi) is 2.45. The van der Waals surface area contributed by atoms with Crippen LogP contribution in [-0.2, 0) is 10.0 Å². The van der Waals surface area contributed by atoms with Crippen molar-refractivity contribution in [3.05, 3.63) is 35.1 Å². The molecule has 9 heteroatoms. The fourth-order valence-electron chi connectivity index (χ4n) is 1.51. The third-order valence-electron chi connectivity index (χ3n) is 2.30. The van der Waals surface area contributed by atoms with Gasteiger partial charge in [-0.2, -0.15) is 17.6 Å². The van der Waals surface area contributed by atoms with Gasteiger partial charge in [0.25, 0.3) is 10.0 Å². The Hall–Kier alpha value is -1.74. The quantitative estimate of drug-likeness (QED) is 0.706. The molecule has 3 rings (SSSR count). The number of hydrogen-bond donors (Lipinski definition) is 0. The normalized spacial score (nSPS) is 12.1. The van der Waals surface area contributed by atoms with Crippen LogP contribution in [0.15, 0.2) is 44.6 Å². The minimum Gasteiger partial charge on any atom is -0.243 e. The molecular formula is C9H5BrN4O3S. The molecule has 1 aromatic carbocycles. The van der Waals surface area contributed by atoms with Crippen molar-refractivity contribution >= 4 is 37.0 Å². The highest BCUT2D eigenvalue weighted by Crippen LogP contribution is 2.22. The Balaban J connectivity index is 2.29. The van der Waals surface area contributed by atoms with E-state index in [9.17, 15) is 8.42 Å². The molecule has 0 spiro atoms. The average Bonchev–Trinajstić information content (AvgIpc) is 2.96. The lowest BCUT2D eigenvalue weighted by atomic mass is 10.3. The molecule has 3 aromatic rings. The van der Waals surface area contributed by atoms with Crippen molar-refractivity contribution in [1.29, 1.82) is 0 Å². The van der Waals surface area contributed by atoms with Crippen molar-refractivity contribution in [3.63, 3.8) is 0 Å². The lowest BCUT2D eigenvalue weighted by Crippen LogP contribution is -2.13. The van der Waals surface area contributed by atoms with Gasteiger partial charge in [0.1, 0.15) is 10.4 Å². The van der Waals surface area contributed by atoms with Crippen LogP contribution >= 0.6 is 15.9 Å². The minimum atomic E-state index is -3.80. The van der Waals surface area contributed by atoms with Crippen LogP contribution in [0.4, 0.5) is 0 Å². The summed E-state index contributed by atoms with van der Waals surface area (Å²) in [6.07, 6.45) is 2.74. The number of nitrogens with zero attached hydrogens (tertiary/aromatic N) is 4. The highest BCUT2D eigenvalue weighted by molar-refractivity contribution is 9.10. The third kappa shape index (κ3) is 1.63. The molecule has 0 N–H and O–H groups in total. The van der Waals surface area contributed by atoms with E-state index in [0.29, 0.717) is 9.99 Å². The first kappa shape index (κ1) is 11.4. The smallest absolute Gasteiger partial charge is 0.243 e. The molecule has 0 radical (unpaired) electrons. The number of hydrogen-bond acceptors (Lipinski definition) is 6. The van der Waals surface area contributed by atoms with Gasteiger partial charge in [0.15, 0.2) is 5.52 Å². The molecule has 0 bridgehead atoms. The number of halogens is 1. The molecule has 2 heterocycles.